The second-order valence-electron chi connectivity index (χ2n) is 6.63. The quantitative estimate of drug-likeness (QED) is 0.786. The van der Waals surface area contributed by atoms with Crippen molar-refractivity contribution in [1.29, 1.82) is 0 Å². The number of aryl methyl sites for hydroxylation is 2. The summed E-state index contributed by atoms with van der Waals surface area (Å²) in [6, 6.07) is 10.7. The van der Waals surface area contributed by atoms with E-state index in [1.165, 1.54) is 0 Å². The topological polar surface area (TPSA) is 109 Å². The minimum atomic E-state index is -4.53. The molecule has 25 heavy (non-hydrogen) atoms. The maximum absolute atomic E-state index is 11.7. The Bertz CT molecular complexity index is 981. The Morgan fingerprint density at radius 3 is 1.44 bits per heavy atom. The van der Waals surface area contributed by atoms with Crippen LogP contribution in [0.1, 0.15) is 22.3 Å². The van der Waals surface area contributed by atoms with Gasteiger partial charge in [-0.05, 0) is 36.1 Å². The summed E-state index contributed by atoms with van der Waals surface area (Å²) in [4.78, 5) is 0. The Morgan fingerprint density at radius 2 is 1.12 bits per heavy atom. The van der Waals surface area contributed by atoms with E-state index in [9.17, 15) is 25.9 Å². The number of rotatable bonds is 4. The summed E-state index contributed by atoms with van der Waals surface area (Å²) in [7, 11) is -9.05. The van der Waals surface area contributed by atoms with E-state index in [1.54, 1.807) is 38.1 Å². The average molecular weight is 382 g/mol. The molecule has 1 aliphatic rings. The van der Waals surface area contributed by atoms with Crippen molar-refractivity contribution < 1.29 is 25.9 Å². The van der Waals surface area contributed by atoms with Crippen molar-refractivity contribution in [3.05, 3.63) is 58.7 Å². The third-order valence-electron chi connectivity index (χ3n) is 4.53. The third kappa shape index (κ3) is 3.35. The first-order chi connectivity index (χ1) is 11.4. The fourth-order valence-electron chi connectivity index (χ4n) is 3.70. The van der Waals surface area contributed by atoms with Gasteiger partial charge >= 0.3 is 0 Å². The van der Waals surface area contributed by atoms with Crippen LogP contribution in [0.5, 0.6) is 0 Å². The van der Waals surface area contributed by atoms with Gasteiger partial charge in [0.15, 0.2) is 0 Å². The van der Waals surface area contributed by atoms with Crippen molar-refractivity contribution in [1.82, 2.24) is 0 Å². The van der Waals surface area contributed by atoms with E-state index in [2.05, 4.69) is 0 Å². The molecule has 6 nitrogen and oxygen atoms in total. The van der Waals surface area contributed by atoms with Gasteiger partial charge in [-0.3, -0.25) is 9.11 Å². The first-order valence-electron chi connectivity index (χ1n) is 7.54. The van der Waals surface area contributed by atoms with E-state index in [4.69, 9.17) is 0 Å². The van der Waals surface area contributed by atoms with Gasteiger partial charge in [0.25, 0.3) is 20.2 Å². The molecular weight excluding hydrogens is 364 g/mol. The van der Waals surface area contributed by atoms with Crippen LogP contribution < -0.4 is 0 Å². The first kappa shape index (κ1) is 18.1. The fraction of sp³-hybridized carbons (Fsp3) is 0.294. The van der Waals surface area contributed by atoms with Crippen LogP contribution in [0.4, 0.5) is 0 Å². The molecule has 0 bridgehead atoms. The second-order valence-corrected chi connectivity index (χ2v) is 9.54. The summed E-state index contributed by atoms with van der Waals surface area (Å²) in [6.07, 6.45) is 0. The summed E-state index contributed by atoms with van der Waals surface area (Å²) in [5.41, 5.74) is 2.42. The molecule has 0 atom stereocenters. The van der Waals surface area contributed by atoms with Gasteiger partial charge in [-0.15, -0.1) is 0 Å². The molecular formula is C17H18O6S2. The summed E-state index contributed by atoms with van der Waals surface area (Å²) in [6.45, 7) is 3.61. The van der Waals surface area contributed by atoms with E-state index >= 15 is 0 Å². The normalized spacial score (nSPS) is 15.7. The predicted molar refractivity (Wildman–Crippen MR) is 95.0 cm³/mol. The van der Waals surface area contributed by atoms with Gasteiger partial charge in [0, 0.05) is 0 Å². The fourth-order valence-corrected chi connectivity index (χ4v) is 5.90. The zero-order valence-corrected chi connectivity index (χ0v) is 15.4. The molecule has 3 rings (SSSR count). The van der Waals surface area contributed by atoms with Gasteiger partial charge in [0.2, 0.25) is 0 Å². The molecule has 0 heterocycles. The summed E-state index contributed by atoms with van der Waals surface area (Å²) >= 11 is 0. The van der Waals surface area contributed by atoms with Gasteiger partial charge in [0.05, 0.1) is 16.9 Å². The lowest BCUT2D eigenvalue weighted by molar-refractivity contribution is 0.454. The number of benzene rings is 2. The Morgan fingerprint density at radius 1 is 0.760 bits per heavy atom. The van der Waals surface area contributed by atoms with Gasteiger partial charge in [-0.2, -0.15) is 16.8 Å². The molecule has 2 aromatic carbocycles. The van der Waals surface area contributed by atoms with Crippen molar-refractivity contribution >= 4 is 20.2 Å². The minimum absolute atomic E-state index is 0.475. The average Bonchev–Trinajstić information content (AvgIpc) is 2.65. The second kappa shape index (κ2) is 5.63. The maximum Gasteiger partial charge on any atom is 0.266 e. The van der Waals surface area contributed by atoms with Crippen LogP contribution in [0, 0.1) is 13.8 Å². The lowest BCUT2D eigenvalue weighted by Crippen LogP contribution is -2.40. The van der Waals surface area contributed by atoms with E-state index < -0.39 is 37.2 Å². The Balaban J connectivity index is 2.44. The highest BCUT2D eigenvalue weighted by Gasteiger charge is 2.48. The zero-order valence-electron chi connectivity index (χ0n) is 13.7. The highest BCUT2D eigenvalue weighted by Crippen LogP contribution is 2.50. The molecule has 2 aromatic rings. The molecule has 0 aromatic heterocycles. The van der Waals surface area contributed by atoms with E-state index in [0.29, 0.717) is 22.3 Å². The highest BCUT2D eigenvalue weighted by atomic mass is 32.2. The van der Waals surface area contributed by atoms with Crippen LogP contribution >= 0.6 is 0 Å². The largest absolute Gasteiger partial charge is 0.286 e. The molecule has 134 valence electrons. The van der Waals surface area contributed by atoms with Crippen LogP contribution in [-0.2, 0) is 25.7 Å². The number of fused-ring (bicyclic) bond motifs is 3. The van der Waals surface area contributed by atoms with Crippen molar-refractivity contribution in [3.63, 3.8) is 0 Å². The monoisotopic (exact) mass is 382 g/mol. The molecule has 0 aliphatic heterocycles. The van der Waals surface area contributed by atoms with E-state index in [-0.39, 0.29) is 0 Å². The van der Waals surface area contributed by atoms with Crippen molar-refractivity contribution in [2.45, 2.75) is 19.3 Å². The van der Waals surface area contributed by atoms with Crippen molar-refractivity contribution in [3.8, 4) is 11.1 Å². The molecule has 0 radical (unpaired) electrons. The number of hydrogen-bond donors (Lipinski definition) is 2. The SMILES string of the molecule is Cc1ccc2c(c1)C(CS(=O)(=O)O)(CS(=O)(=O)O)c1cc(C)ccc1-2. The molecule has 0 saturated carbocycles. The lowest BCUT2D eigenvalue weighted by atomic mass is 9.81. The van der Waals surface area contributed by atoms with Crippen LogP contribution in [-0.4, -0.2) is 37.4 Å². The molecule has 0 unspecified atom stereocenters. The molecule has 1 aliphatic carbocycles. The Hall–Kier alpha value is -1.74. The zero-order chi connectivity index (χ0) is 18.6. The molecule has 2 N–H and O–H groups in total. The van der Waals surface area contributed by atoms with E-state index in [0.717, 1.165) is 11.1 Å². The van der Waals surface area contributed by atoms with E-state index in [1.807, 2.05) is 12.1 Å². The van der Waals surface area contributed by atoms with Crippen LogP contribution in [0.3, 0.4) is 0 Å². The first-order valence-corrected chi connectivity index (χ1v) is 10.8. The van der Waals surface area contributed by atoms with Gasteiger partial charge in [-0.25, -0.2) is 0 Å². The maximum atomic E-state index is 11.7. The minimum Gasteiger partial charge on any atom is -0.286 e. The number of hydrogen-bond acceptors (Lipinski definition) is 4. The Labute approximate surface area is 147 Å². The van der Waals surface area contributed by atoms with Gasteiger partial charge in [0.1, 0.15) is 0 Å². The Kier molecular flexibility index (Phi) is 4.07. The molecule has 0 saturated heterocycles. The third-order valence-corrected chi connectivity index (χ3v) is 6.24. The molecule has 0 fully saturated rings. The lowest BCUT2D eigenvalue weighted by Gasteiger charge is -2.29. The smallest absolute Gasteiger partial charge is 0.266 e. The summed E-state index contributed by atoms with van der Waals surface area (Å²) in [5.74, 6) is -1.65. The van der Waals surface area contributed by atoms with Crippen LogP contribution in [0.25, 0.3) is 11.1 Å². The summed E-state index contributed by atoms with van der Waals surface area (Å²) < 4.78 is 66.0. The molecule has 8 heteroatoms. The van der Waals surface area contributed by atoms with Gasteiger partial charge in [-0.1, -0.05) is 47.5 Å². The van der Waals surface area contributed by atoms with Crippen LogP contribution in [0.2, 0.25) is 0 Å². The van der Waals surface area contributed by atoms with Crippen molar-refractivity contribution in [2.75, 3.05) is 11.5 Å². The van der Waals surface area contributed by atoms with Gasteiger partial charge < -0.3 is 0 Å². The predicted octanol–water partition coefficient (Wildman–Crippen LogP) is 2.35. The molecule has 0 amide bonds. The van der Waals surface area contributed by atoms with Crippen molar-refractivity contribution in [2.24, 2.45) is 0 Å². The van der Waals surface area contributed by atoms with Crippen LogP contribution in [0.15, 0.2) is 36.4 Å². The highest BCUT2D eigenvalue weighted by molar-refractivity contribution is 7.86. The molecule has 0 spiro atoms. The standard InChI is InChI=1S/C17H18O6S2/c1-11-3-5-13-14-6-4-12(2)8-16(14)17(15(13)7-11,9-24(18,19)20)10-25(21,22)23/h3-8H,9-10H2,1-2H3,(H,18,19,20)(H,21,22,23). The summed E-state index contributed by atoms with van der Waals surface area (Å²) in [5, 5.41) is 0.